The van der Waals surface area contributed by atoms with Gasteiger partial charge in [0.1, 0.15) is 17.1 Å². The fraction of sp³-hybridized carbons (Fsp3) is 0.304. The summed E-state index contributed by atoms with van der Waals surface area (Å²) in [6.07, 6.45) is 1.49. The van der Waals surface area contributed by atoms with Crippen LogP contribution in [0.3, 0.4) is 0 Å². The average molecular weight is 392 g/mol. The zero-order chi connectivity index (χ0) is 20.4. The average Bonchev–Trinajstić information content (AvgIpc) is 3.30. The van der Waals surface area contributed by atoms with Crippen molar-refractivity contribution in [2.45, 2.75) is 32.7 Å². The summed E-state index contributed by atoms with van der Waals surface area (Å²) < 4.78 is 11.5. The summed E-state index contributed by atoms with van der Waals surface area (Å²) in [6.45, 7) is 4.55. The highest BCUT2D eigenvalue weighted by atomic mass is 16.5. The number of carbonyl (C=O) groups is 2. The molecule has 0 saturated carbocycles. The molecule has 0 aliphatic carbocycles. The zero-order valence-corrected chi connectivity index (χ0v) is 16.6. The Hall–Kier alpha value is -3.28. The maximum absolute atomic E-state index is 12.3. The van der Waals surface area contributed by atoms with Gasteiger partial charge in [0.05, 0.1) is 6.04 Å². The lowest BCUT2D eigenvalue weighted by Gasteiger charge is -2.16. The third kappa shape index (κ3) is 3.97. The smallest absolute Gasteiger partial charge is 0.258 e. The molecule has 29 heavy (non-hydrogen) atoms. The molecule has 150 valence electrons. The number of hydrogen-bond acceptors (Lipinski definition) is 4. The summed E-state index contributed by atoms with van der Waals surface area (Å²) in [6, 6.07) is 14.8. The number of anilines is 1. The van der Waals surface area contributed by atoms with E-state index in [4.69, 9.17) is 9.15 Å². The highest BCUT2D eigenvalue weighted by Gasteiger charge is 2.22. The molecule has 3 aromatic rings. The second-order valence-corrected chi connectivity index (χ2v) is 7.31. The predicted octanol–water partition coefficient (Wildman–Crippen LogP) is 4.12. The molecular formula is C23H24N2O4. The number of nitrogens with zero attached hydrogens (tertiary/aromatic N) is 1. The van der Waals surface area contributed by atoms with Crippen LogP contribution >= 0.6 is 0 Å². The summed E-state index contributed by atoms with van der Waals surface area (Å²) in [4.78, 5) is 25.9. The van der Waals surface area contributed by atoms with Gasteiger partial charge in [-0.25, -0.2) is 0 Å². The standard InChI is InChI=1S/C23H24N2O4/c1-15-19-6-3-4-7-20(19)29-23(15)16(2)24-21(26)14-28-18-11-9-17(10-12-18)25-13-5-8-22(25)27/h3-4,6-7,9-12,16H,5,8,13-14H2,1-2H3,(H,24,26). The first-order valence-corrected chi connectivity index (χ1v) is 9.83. The topological polar surface area (TPSA) is 71.8 Å². The van der Waals surface area contributed by atoms with Crippen LogP contribution in [0.1, 0.15) is 37.1 Å². The van der Waals surface area contributed by atoms with E-state index < -0.39 is 0 Å². The molecule has 6 heteroatoms. The lowest BCUT2D eigenvalue weighted by atomic mass is 10.1. The third-order valence-electron chi connectivity index (χ3n) is 5.24. The molecule has 6 nitrogen and oxygen atoms in total. The minimum Gasteiger partial charge on any atom is -0.484 e. The maximum atomic E-state index is 12.3. The highest BCUT2D eigenvalue weighted by Crippen LogP contribution is 2.29. The van der Waals surface area contributed by atoms with Crippen LogP contribution in [0.4, 0.5) is 5.69 Å². The van der Waals surface area contributed by atoms with Crippen molar-refractivity contribution in [1.82, 2.24) is 5.32 Å². The van der Waals surface area contributed by atoms with Crippen LogP contribution in [-0.2, 0) is 9.59 Å². The van der Waals surface area contributed by atoms with Crippen molar-refractivity contribution >= 4 is 28.5 Å². The van der Waals surface area contributed by atoms with Gasteiger partial charge in [-0.3, -0.25) is 9.59 Å². The number of ether oxygens (including phenoxy) is 1. The number of furan rings is 1. The first-order chi connectivity index (χ1) is 14.0. The Balaban J connectivity index is 1.33. The third-order valence-corrected chi connectivity index (χ3v) is 5.24. The van der Waals surface area contributed by atoms with Crippen molar-refractivity contribution in [1.29, 1.82) is 0 Å². The molecule has 1 aromatic heterocycles. The highest BCUT2D eigenvalue weighted by molar-refractivity contribution is 5.95. The Morgan fingerprint density at radius 3 is 2.66 bits per heavy atom. The fourth-order valence-electron chi connectivity index (χ4n) is 3.75. The molecule has 1 unspecified atom stereocenters. The molecule has 0 bridgehead atoms. The van der Waals surface area contributed by atoms with Crippen LogP contribution in [-0.4, -0.2) is 25.0 Å². The van der Waals surface area contributed by atoms with Crippen molar-refractivity contribution in [3.63, 3.8) is 0 Å². The summed E-state index contributed by atoms with van der Waals surface area (Å²) in [5.41, 5.74) is 2.70. The Morgan fingerprint density at radius 2 is 1.97 bits per heavy atom. The second kappa shape index (κ2) is 7.99. The molecule has 1 fully saturated rings. The van der Waals surface area contributed by atoms with Gasteiger partial charge in [-0.1, -0.05) is 18.2 Å². The first-order valence-electron chi connectivity index (χ1n) is 9.83. The van der Waals surface area contributed by atoms with Gasteiger partial charge in [-0.15, -0.1) is 0 Å². The van der Waals surface area contributed by atoms with Gasteiger partial charge in [0, 0.05) is 29.6 Å². The van der Waals surface area contributed by atoms with E-state index in [2.05, 4.69) is 5.32 Å². The van der Waals surface area contributed by atoms with E-state index in [-0.39, 0.29) is 24.5 Å². The molecular weight excluding hydrogens is 368 g/mol. The van der Waals surface area contributed by atoms with Crippen molar-refractivity contribution in [3.8, 4) is 5.75 Å². The summed E-state index contributed by atoms with van der Waals surface area (Å²) in [5, 5.41) is 3.97. The van der Waals surface area contributed by atoms with Crippen molar-refractivity contribution in [2.24, 2.45) is 0 Å². The van der Waals surface area contributed by atoms with E-state index in [9.17, 15) is 9.59 Å². The lowest BCUT2D eigenvalue weighted by molar-refractivity contribution is -0.123. The fourth-order valence-corrected chi connectivity index (χ4v) is 3.75. The van der Waals surface area contributed by atoms with Gasteiger partial charge in [0.25, 0.3) is 5.91 Å². The van der Waals surface area contributed by atoms with E-state index in [0.717, 1.165) is 40.9 Å². The minimum atomic E-state index is -0.262. The van der Waals surface area contributed by atoms with Crippen LogP contribution in [0.15, 0.2) is 52.9 Å². The summed E-state index contributed by atoms with van der Waals surface area (Å²) in [5.74, 6) is 1.26. The lowest BCUT2D eigenvalue weighted by Crippen LogP contribution is -2.31. The monoisotopic (exact) mass is 392 g/mol. The van der Waals surface area contributed by atoms with Crippen LogP contribution in [0.5, 0.6) is 5.75 Å². The minimum absolute atomic E-state index is 0.0917. The number of benzene rings is 2. The molecule has 1 aliphatic rings. The van der Waals surface area contributed by atoms with Crippen molar-refractivity contribution in [2.75, 3.05) is 18.1 Å². The van der Waals surface area contributed by atoms with Crippen LogP contribution in [0.2, 0.25) is 0 Å². The number of rotatable bonds is 6. The Labute approximate surface area is 169 Å². The number of para-hydroxylation sites is 1. The van der Waals surface area contributed by atoms with E-state index in [1.807, 2.05) is 50.2 Å². The molecule has 0 spiro atoms. The molecule has 2 amide bonds. The van der Waals surface area contributed by atoms with Crippen LogP contribution in [0, 0.1) is 6.92 Å². The Morgan fingerprint density at radius 1 is 1.21 bits per heavy atom. The van der Waals surface area contributed by atoms with Crippen LogP contribution in [0.25, 0.3) is 11.0 Å². The van der Waals surface area contributed by atoms with Crippen molar-refractivity contribution < 1.29 is 18.7 Å². The number of aryl methyl sites for hydroxylation is 1. The van der Waals surface area contributed by atoms with E-state index in [0.29, 0.717) is 12.2 Å². The van der Waals surface area contributed by atoms with Gasteiger partial charge >= 0.3 is 0 Å². The predicted molar refractivity (Wildman–Crippen MR) is 111 cm³/mol. The van der Waals surface area contributed by atoms with Gasteiger partial charge < -0.3 is 19.4 Å². The van der Waals surface area contributed by atoms with Gasteiger partial charge in [0.15, 0.2) is 6.61 Å². The first kappa shape index (κ1) is 19.1. The van der Waals surface area contributed by atoms with Gasteiger partial charge in [-0.05, 0) is 50.6 Å². The SMILES string of the molecule is Cc1c(C(C)NC(=O)COc2ccc(N3CCCC3=O)cc2)oc2ccccc12. The maximum Gasteiger partial charge on any atom is 0.258 e. The molecule has 0 radical (unpaired) electrons. The Bertz CT molecular complexity index is 1040. The van der Waals surface area contributed by atoms with Gasteiger partial charge in [-0.2, -0.15) is 0 Å². The molecule has 1 saturated heterocycles. The van der Waals surface area contributed by atoms with E-state index in [1.165, 1.54) is 0 Å². The molecule has 1 N–H and O–H groups in total. The molecule has 1 atom stereocenters. The molecule has 2 aromatic carbocycles. The molecule has 1 aliphatic heterocycles. The van der Waals surface area contributed by atoms with Crippen LogP contribution < -0.4 is 15.0 Å². The van der Waals surface area contributed by atoms with E-state index >= 15 is 0 Å². The summed E-state index contributed by atoms with van der Waals surface area (Å²) >= 11 is 0. The zero-order valence-electron chi connectivity index (χ0n) is 16.6. The summed E-state index contributed by atoms with van der Waals surface area (Å²) in [7, 11) is 0. The van der Waals surface area contributed by atoms with Gasteiger partial charge in [0.2, 0.25) is 5.91 Å². The molecule has 4 rings (SSSR count). The largest absolute Gasteiger partial charge is 0.484 e. The quantitative estimate of drug-likeness (QED) is 0.685. The molecule has 2 heterocycles. The number of nitrogens with one attached hydrogen (secondary N) is 1. The number of hydrogen-bond donors (Lipinski definition) is 1. The number of amides is 2. The number of carbonyl (C=O) groups excluding carboxylic acids is 2. The Kier molecular flexibility index (Phi) is 5.25. The number of fused-ring (bicyclic) bond motifs is 1. The van der Waals surface area contributed by atoms with E-state index in [1.54, 1.807) is 17.0 Å². The van der Waals surface area contributed by atoms with Crippen molar-refractivity contribution in [3.05, 3.63) is 59.9 Å². The normalized spacial score (nSPS) is 15.0. The second-order valence-electron chi connectivity index (χ2n) is 7.31.